The SMILES string of the molecule is CCc1nc(NC2CCCN(C(=O)C3CC3)C2)c2cnn(C)c2n1. The Morgan fingerprint density at radius 2 is 2.17 bits per heavy atom. The summed E-state index contributed by atoms with van der Waals surface area (Å²) >= 11 is 0. The van der Waals surface area contributed by atoms with Gasteiger partial charge in [-0.3, -0.25) is 9.48 Å². The number of aromatic nitrogens is 4. The normalized spacial score (nSPS) is 21.2. The summed E-state index contributed by atoms with van der Waals surface area (Å²) in [6.45, 7) is 3.71. The second kappa shape index (κ2) is 6.03. The number of likely N-dealkylation sites (tertiary alicyclic amines) is 1. The van der Waals surface area contributed by atoms with E-state index in [0.29, 0.717) is 11.8 Å². The summed E-state index contributed by atoms with van der Waals surface area (Å²) in [5.41, 5.74) is 0.853. The van der Waals surface area contributed by atoms with Crippen LogP contribution in [-0.4, -0.2) is 49.7 Å². The van der Waals surface area contributed by atoms with Crippen LogP contribution in [0.2, 0.25) is 0 Å². The minimum Gasteiger partial charge on any atom is -0.365 e. The van der Waals surface area contributed by atoms with E-state index in [1.807, 2.05) is 18.1 Å². The van der Waals surface area contributed by atoms with Gasteiger partial charge in [0.25, 0.3) is 0 Å². The Hall–Kier alpha value is -2.18. The maximum atomic E-state index is 12.3. The molecule has 2 fully saturated rings. The Morgan fingerprint density at radius 3 is 2.92 bits per heavy atom. The lowest BCUT2D eigenvalue weighted by Gasteiger charge is -2.33. The largest absolute Gasteiger partial charge is 0.365 e. The lowest BCUT2D eigenvalue weighted by molar-refractivity contribution is -0.133. The van der Waals surface area contributed by atoms with E-state index in [9.17, 15) is 4.79 Å². The summed E-state index contributed by atoms with van der Waals surface area (Å²) < 4.78 is 1.78. The fourth-order valence-electron chi connectivity index (χ4n) is 3.41. The molecule has 1 saturated carbocycles. The van der Waals surface area contributed by atoms with Gasteiger partial charge in [-0.25, -0.2) is 9.97 Å². The predicted octanol–water partition coefficient (Wildman–Crippen LogP) is 1.74. The maximum Gasteiger partial charge on any atom is 0.225 e. The van der Waals surface area contributed by atoms with Gasteiger partial charge in [-0.1, -0.05) is 6.92 Å². The highest BCUT2D eigenvalue weighted by Crippen LogP contribution is 2.32. The van der Waals surface area contributed by atoms with Crippen molar-refractivity contribution in [1.82, 2.24) is 24.6 Å². The van der Waals surface area contributed by atoms with Crippen LogP contribution in [0.5, 0.6) is 0 Å². The van der Waals surface area contributed by atoms with Crippen LogP contribution < -0.4 is 5.32 Å². The van der Waals surface area contributed by atoms with Crippen molar-refractivity contribution in [1.29, 1.82) is 0 Å². The molecule has 7 heteroatoms. The molecule has 7 nitrogen and oxygen atoms in total. The van der Waals surface area contributed by atoms with Gasteiger partial charge in [0.1, 0.15) is 11.6 Å². The third kappa shape index (κ3) is 2.83. The van der Waals surface area contributed by atoms with Crippen LogP contribution in [0, 0.1) is 5.92 Å². The average molecular weight is 328 g/mol. The number of piperidine rings is 1. The van der Waals surface area contributed by atoms with Crippen LogP contribution in [0.1, 0.15) is 38.4 Å². The first kappa shape index (κ1) is 15.4. The summed E-state index contributed by atoms with van der Waals surface area (Å²) in [5, 5.41) is 8.81. The van der Waals surface area contributed by atoms with Crippen LogP contribution in [0.4, 0.5) is 5.82 Å². The molecule has 0 bridgehead atoms. The first-order valence-electron chi connectivity index (χ1n) is 8.89. The van der Waals surface area contributed by atoms with Crippen molar-refractivity contribution in [2.24, 2.45) is 13.0 Å². The molecule has 3 heterocycles. The topological polar surface area (TPSA) is 75.9 Å². The maximum absolute atomic E-state index is 12.3. The van der Waals surface area contributed by atoms with Crippen LogP contribution >= 0.6 is 0 Å². The zero-order chi connectivity index (χ0) is 16.7. The van der Waals surface area contributed by atoms with E-state index >= 15 is 0 Å². The number of nitrogens with zero attached hydrogens (tertiary/aromatic N) is 5. The second-order valence-corrected chi connectivity index (χ2v) is 6.89. The summed E-state index contributed by atoms with van der Waals surface area (Å²) in [6.07, 6.45) is 6.82. The number of anilines is 1. The lowest BCUT2D eigenvalue weighted by atomic mass is 10.0. The molecule has 2 aromatic heterocycles. The van der Waals surface area contributed by atoms with E-state index in [-0.39, 0.29) is 6.04 Å². The Balaban J connectivity index is 1.55. The van der Waals surface area contributed by atoms with E-state index in [1.165, 1.54) is 0 Å². The molecule has 0 radical (unpaired) electrons. The molecule has 1 saturated heterocycles. The number of amides is 1. The van der Waals surface area contributed by atoms with Crippen molar-refractivity contribution < 1.29 is 4.79 Å². The molecule has 1 aliphatic heterocycles. The van der Waals surface area contributed by atoms with Gasteiger partial charge in [0.2, 0.25) is 5.91 Å². The molecule has 2 aromatic rings. The quantitative estimate of drug-likeness (QED) is 0.925. The van der Waals surface area contributed by atoms with E-state index in [4.69, 9.17) is 0 Å². The van der Waals surface area contributed by atoms with Gasteiger partial charge in [0.05, 0.1) is 11.6 Å². The minimum absolute atomic E-state index is 0.240. The van der Waals surface area contributed by atoms with Crippen LogP contribution in [0.3, 0.4) is 0 Å². The van der Waals surface area contributed by atoms with Gasteiger partial charge in [-0.05, 0) is 25.7 Å². The molecule has 128 valence electrons. The zero-order valence-electron chi connectivity index (χ0n) is 14.3. The molecule has 1 atom stereocenters. The summed E-state index contributed by atoms with van der Waals surface area (Å²) in [6, 6.07) is 0.240. The smallest absolute Gasteiger partial charge is 0.225 e. The van der Waals surface area contributed by atoms with Crippen molar-refractivity contribution in [3.8, 4) is 0 Å². The molecule has 1 unspecified atom stereocenters. The Labute approximate surface area is 141 Å². The molecule has 2 aliphatic rings. The number of aryl methyl sites for hydroxylation is 2. The molecule has 1 amide bonds. The van der Waals surface area contributed by atoms with Crippen molar-refractivity contribution in [3.63, 3.8) is 0 Å². The average Bonchev–Trinajstić information content (AvgIpc) is 3.38. The molecular formula is C17H24N6O. The monoisotopic (exact) mass is 328 g/mol. The fourth-order valence-corrected chi connectivity index (χ4v) is 3.41. The highest BCUT2D eigenvalue weighted by Gasteiger charge is 2.35. The number of carbonyl (C=O) groups is 1. The van der Waals surface area contributed by atoms with Gasteiger partial charge in [0.15, 0.2) is 5.65 Å². The molecule has 1 aliphatic carbocycles. The Morgan fingerprint density at radius 1 is 1.33 bits per heavy atom. The molecule has 24 heavy (non-hydrogen) atoms. The third-order valence-corrected chi connectivity index (χ3v) is 4.96. The van der Waals surface area contributed by atoms with Gasteiger partial charge in [0, 0.05) is 38.5 Å². The number of fused-ring (bicyclic) bond motifs is 1. The van der Waals surface area contributed by atoms with Gasteiger partial charge >= 0.3 is 0 Å². The van der Waals surface area contributed by atoms with E-state index in [1.54, 1.807) is 4.68 Å². The molecule has 1 N–H and O–H groups in total. The highest BCUT2D eigenvalue weighted by atomic mass is 16.2. The molecule has 0 aromatic carbocycles. The second-order valence-electron chi connectivity index (χ2n) is 6.89. The number of rotatable bonds is 4. The van der Waals surface area contributed by atoms with Crippen molar-refractivity contribution in [2.75, 3.05) is 18.4 Å². The van der Waals surface area contributed by atoms with E-state index in [0.717, 1.165) is 67.9 Å². The Bertz CT molecular complexity index is 766. The van der Waals surface area contributed by atoms with Gasteiger partial charge in [-0.2, -0.15) is 5.10 Å². The number of carbonyl (C=O) groups excluding carboxylic acids is 1. The van der Waals surface area contributed by atoms with Crippen molar-refractivity contribution in [2.45, 2.75) is 45.1 Å². The molecule has 0 spiro atoms. The fraction of sp³-hybridized carbons (Fsp3) is 0.647. The Kier molecular flexibility index (Phi) is 3.86. The van der Waals surface area contributed by atoms with Crippen molar-refractivity contribution >= 4 is 22.8 Å². The first-order valence-corrected chi connectivity index (χ1v) is 8.89. The minimum atomic E-state index is 0.240. The third-order valence-electron chi connectivity index (χ3n) is 4.96. The summed E-state index contributed by atoms with van der Waals surface area (Å²) in [5.74, 6) is 2.29. The summed E-state index contributed by atoms with van der Waals surface area (Å²) in [4.78, 5) is 23.6. The zero-order valence-corrected chi connectivity index (χ0v) is 14.3. The number of hydrogen-bond donors (Lipinski definition) is 1. The molecular weight excluding hydrogens is 304 g/mol. The first-order chi connectivity index (χ1) is 11.7. The molecule has 4 rings (SSSR count). The van der Waals surface area contributed by atoms with Crippen LogP contribution in [-0.2, 0) is 18.3 Å². The van der Waals surface area contributed by atoms with E-state index in [2.05, 4.69) is 27.3 Å². The van der Waals surface area contributed by atoms with Crippen LogP contribution in [0.15, 0.2) is 6.20 Å². The standard InChI is InChI=1S/C17H24N6O/c1-3-14-20-15(13-9-18-22(2)16(13)21-14)19-12-5-4-8-23(10-12)17(24)11-6-7-11/h9,11-12H,3-8,10H2,1-2H3,(H,19,20,21). The van der Waals surface area contributed by atoms with E-state index < -0.39 is 0 Å². The van der Waals surface area contributed by atoms with Gasteiger partial charge < -0.3 is 10.2 Å². The highest BCUT2D eigenvalue weighted by molar-refractivity contribution is 5.86. The predicted molar refractivity (Wildman–Crippen MR) is 91.6 cm³/mol. The van der Waals surface area contributed by atoms with Crippen molar-refractivity contribution in [3.05, 3.63) is 12.0 Å². The summed E-state index contributed by atoms with van der Waals surface area (Å²) in [7, 11) is 1.90. The lowest BCUT2D eigenvalue weighted by Crippen LogP contribution is -2.45. The van der Waals surface area contributed by atoms with Crippen LogP contribution in [0.25, 0.3) is 11.0 Å². The van der Waals surface area contributed by atoms with Gasteiger partial charge in [-0.15, -0.1) is 0 Å². The number of hydrogen-bond acceptors (Lipinski definition) is 5. The number of nitrogens with one attached hydrogen (secondary N) is 1.